The standard InChI is InChI=1S/C5H7F3N2O4S/c1-9-3-10(2-4(9)11)14-15(12,13)5(6,7)8/h2-3H2,1H3. The highest BCUT2D eigenvalue weighted by Gasteiger charge is 2.49. The molecule has 0 unspecified atom stereocenters. The summed E-state index contributed by atoms with van der Waals surface area (Å²) in [6.07, 6.45) is 0. The molecule has 0 N–H and O–H groups in total. The van der Waals surface area contributed by atoms with Crippen LogP contribution in [0, 0.1) is 0 Å². The Labute approximate surface area is 83.3 Å². The molecule has 6 nitrogen and oxygen atoms in total. The van der Waals surface area contributed by atoms with Crippen LogP contribution in [0.25, 0.3) is 0 Å². The van der Waals surface area contributed by atoms with Crippen LogP contribution in [-0.4, -0.2) is 50.1 Å². The van der Waals surface area contributed by atoms with E-state index in [0.29, 0.717) is 5.06 Å². The number of hydrogen-bond donors (Lipinski definition) is 0. The molecule has 1 aliphatic heterocycles. The predicted octanol–water partition coefficient (Wildman–Crippen LogP) is -0.501. The summed E-state index contributed by atoms with van der Waals surface area (Å²) in [7, 11) is -4.37. The third kappa shape index (κ3) is 2.58. The second-order valence-electron chi connectivity index (χ2n) is 2.85. The van der Waals surface area contributed by atoms with Crippen molar-refractivity contribution >= 4 is 16.0 Å². The molecule has 0 aromatic carbocycles. The fourth-order valence-corrected chi connectivity index (χ4v) is 1.33. The molecule has 0 aliphatic carbocycles. The molecule has 0 bridgehead atoms. The van der Waals surface area contributed by atoms with E-state index in [1.165, 1.54) is 7.05 Å². The van der Waals surface area contributed by atoms with Gasteiger partial charge in [0, 0.05) is 7.05 Å². The van der Waals surface area contributed by atoms with Crippen LogP contribution >= 0.6 is 0 Å². The van der Waals surface area contributed by atoms with Crippen LogP contribution in [0.15, 0.2) is 0 Å². The summed E-state index contributed by atoms with van der Waals surface area (Å²) < 4.78 is 60.3. The molecule has 1 amide bonds. The van der Waals surface area contributed by atoms with E-state index in [4.69, 9.17) is 0 Å². The second-order valence-corrected chi connectivity index (χ2v) is 4.37. The number of hydroxylamine groups is 2. The molecule has 1 heterocycles. The Bertz CT molecular complexity index is 365. The summed E-state index contributed by atoms with van der Waals surface area (Å²) in [6.45, 7) is -0.847. The van der Waals surface area contributed by atoms with E-state index in [2.05, 4.69) is 4.28 Å². The van der Waals surface area contributed by atoms with Crippen LogP contribution in [0.1, 0.15) is 0 Å². The Morgan fingerprint density at radius 2 is 1.93 bits per heavy atom. The van der Waals surface area contributed by atoms with Gasteiger partial charge in [-0.3, -0.25) is 4.79 Å². The van der Waals surface area contributed by atoms with Gasteiger partial charge in [-0.15, -0.1) is 5.06 Å². The van der Waals surface area contributed by atoms with Crippen molar-refractivity contribution < 1.29 is 30.7 Å². The smallest absolute Gasteiger partial charge is 0.329 e. The predicted molar refractivity (Wildman–Crippen MR) is 40.4 cm³/mol. The van der Waals surface area contributed by atoms with Gasteiger partial charge in [0.2, 0.25) is 5.91 Å². The molecule has 0 aromatic rings. The number of rotatable bonds is 2. The molecular weight excluding hydrogens is 241 g/mol. The number of nitrogens with zero attached hydrogens (tertiary/aromatic N) is 2. The Balaban J connectivity index is 2.69. The minimum Gasteiger partial charge on any atom is -0.329 e. The van der Waals surface area contributed by atoms with Crippen molar-refractivity contribution in [1.29, 1.82) is 0 Å². The topological polar surface area (TPSA) is 66.9 Å². The van der Waals surface area contributed by atoms with Crippen LogP contribution in [0.3, 0.4) is 0 Å². The maximum Gasteiger partial charge on any atom is 0.524 e. The Kier molecular flexibility index (Phi) is 2.94. The lowest BCUT2D eigenvalue weighted by Crippen LogP contribution is -2.34. The monoisotopic (exact) mass is 248 g/mol. The van der Waals surface area contributed by atoms with E-state index in [1.54, 1.807) is 0 Å². The van der Waals surface area contributed by atoms with Gasteiger partial charge in [-0.2, -0.15) is 25.9 Å². The van der Waals surface area contributed by atoms with Crippen molar-refractivity contribution in [1.82, 2.24) is 9.96 Å². The zero-order valence-electron chi connectivity index (χ0n) is 7.48. The number of likely N-dealkylation sites (N-methyl/N-ethyl adjacent to an activating group) is 1. The maximum atomic E-state index is 11.8. The van der Waals surface area contributed by atoms with E-state index in [1.807, 2.05) is 0 Å². The van der Waals surface area contributed by atoms with Gasteiger partial charge in [0.1, 0.15) is 6.54 Å². The third-order valence-electron chi connectivity index (χ3n) is 1.59. The molecule has 1 saturated heterocycles. The van der Waals surface area contributed by atoms with Crippen molar-refractivity contribution in [2.24, 2.45) is 0 Å². The van der Waals surface area contributed by atoms with Crippen molar-refractivity contribution in [3.05, 3.63) is 0 Å². The number of amides is 1. The van der Waals surface area contributed by atoms with Crippen LogP contribution < -0.4 is 0 Å². The quantitative estimate of drug-likeness (QED) is 0.616. The third-order valence-corrected chi connectivity index (χ3v) is 2.57. The number of carbonyl (C=O) groups is 1. The fraction of sp³-hybridized carbons (Fsp3) is 0.800. The van der Waals surface area contributed by atoms with Gasteiger partial charge in [0.05, 0.1) is 6.67 Å². The molecule has 15 heavy (non-hydrogen) atoms. The normalized spacial score (nSPS) is 20.0. The molecule has 0 aromatic heterocycles. The minimum atomic E-state index is -5.68. The molecule has 0 spiro atoms. The van der Waals surface area contributed by atoms with Crippen molar-refractivity contribution in [2.75, 3.05) is 20.3 Å². The zero-order valence-corrected chi connectivity index (χ0v) is 8.30. The molecule has 0 radical (unpaired) electrons. The lowest BCUT2D eigenvalue weighted by atomic mass is 10.6. The average Bonchev–Trinajstić information content (AvgIpc) is 2.27. The molecule has 1 aliphatic rings. The first-order valence-corrected chi connectivity index (χ1v) is 5.04. The molecule has 0 atom stereocenters. The number of carbonyl (C=O) groups excluding carboxylic acids is 1. The molecule has 1 fully saturated rings. The fourth-order valence-electron chi connectivity index (χ4n) is 0.868. The summed E-state index contributed by atoms with van der Waals surface area (Å²) in [4.78, 5) is 11.9. The van der Waals surface area contributed by atoms with E-state index >= 15 is 0 Å². The summed E-state index contributed by atoms with van der Waals surface area (Å²) in [5, 5.41) is 0.422. The maximum absolute atomic E-state index is 11.8. The minimum absolute atomic E-state index is 0.325. The van der Waals surface area contributed by atoms with E-state index < -0.39 is 28.1 Å². The molecule has 0 saturated carbocycles. The zero-order chi connectivity index (χ0) is 11.9. The van der Waals surface area contributed by atoms with Crippen LogP contribution in [-0.2, 0) is 19.2 Å². The van der Waals surface area contributed by atoms with Gasteiger partial charge in [-0.1, -0.05) is 0 Å². The van der Waals surface area contributed by atoms with Gasteiger partial charge in [-0.25, -0.2) is 0 Å². The Morgan fingerprint density at radius 3 is 2.27 bits per heavy atom. The van der Waals surface area contributed by atoms with Crippen molar-refractivity contribution in [2.45, 2.75) is 5.51 Å². The van der Waals surface area contributed by atoms with Crippen LogP contribution in [0.2, 0.25) is 0 Å². The first-order chi connectivity index (χ1) is 6.63. The Morgan fingerprint density at radius 1 is 1.40 bits per heavy atom. The van der Waals surface area contributed by atoms with E-state index in [0.717, 1.165) is 4.90 Å². The lowest BCUT2D eigenvalue weighted by Gasteiger charge is -2.15. The highest BCUT2D eigenvalue weighted by Crippen LogP contribution is 2.26. The van der Waals surface area contributed by atoms with E-state index in [9.17, 15) is 26.4 Å². The van der Waals surface area contributed by atoms with E-state index in [-0.39, 0.29) is 6.67 Å². The highest BCUT2D eigenvalue weighted by molar-refractivity contribution is 7.87. The van der Waals surface area contributed by atoms with Gasteiger partial charge in [-0.05, 0) is 0 Å². The number of alkyl halides is 3. The molecule has 1 rings (SSSR count). The van der Waals surface area contributed by atoms with Gasteiger partial charge in [0.15, 0.2) is 0 Å². The van der Waals surface area contributed by atoms with Gasteiger partial charge >= 0.3 is 15.6 Å². The van der Waals surface area contributed by atoms with Crippen LogP contribution in [0.5, 0.6) is 0 Å². The van der Waals surface area contributed by atoms with Gasteiger partial charge < -0.3 is 4.90 Å². The van der Waals surface area contributed by atoms with Crippen LogP contribution in [0.4, 0.5) is 13.2 Å². The average molecular weight is 248 g/mol. The summed E-state index contributed by atoms with van der Waals surface area (Å²) in [6, 6.07) is 0. The van der Waals surface area contributed by atoms with Crippen molar-refractivity contribution in [3.8, 4) is 0 Å². The van der Waals surface area contributed by atoms with Crippen molar-refractivity contribution in [3.63, 3.8) is 0 Å². The summed E-state index contributed by atoms with van der Waals surface area (Å²) in [5.41, 5.74) is -5.49. The molecule has 88 valence electrons. The largest absolute Gasteiger partial charge is 0.524 e. The lowest BCUT2D eigenvalue weighted by molar-refractivity contribution is -0.126. The first kappa shape index (κ1) is 12.2. The Hall–Kier alpha value is -0.870. The van der Waals surface area contributed by atoms with Gasteiger partial charge in [0.25, 0.3) is 0 Å². The molecule has 10 heteroatoms. The SMILES string of the molecule is CN1CN(OS(=O)(=O)C(F)(F)F)CC1=O. The first-order valence-electron chi connectivity index (χ1n) is 3.63. The number of halogens is 3. The number of hydrogen-bond acceptors (Lipinski definition) is 5. The summed E-state index contributed by atoms with van der Waals surface area (Å²) >= 11 is 0. The molecular formula is C5H7F3N2O4S. The second kappa shape index (κ2) is 3.61. The highest BCUT2D eigenvalue weighted by atomic mass is 32.2. The summed E-state index contributed by atoms with van der Waals surface area (Å²) in [5.74, 6) is -0.521.